The highest BCUT2D eigenvalue weighted by Gasteiger charge is 2.17. The van der Waals surface area contributed by atoms with Crippen LogP contribution < -0.4 is 0 Å². The number of benzene rings is 7. The van der Waals surface area contributed by atoms with Crippen LogP contribution in [0.25, 0.3) is 72.3 Å². The SMILES string of the molecule is C=C/C=C\c1ccccc1/C=C\C(=C)C(=C)/C=C\C(=C)c1c2ccccc2c(-c2ccc3ccccc3c2)c2cc(-c3ccccc3)ccc12. The summed E-state index contributed by atoms with van der Waals surface area (Å²) in [5, 5.41) is 7.17. The molecule has 0 nitrogen and oxygen atoms in total. The lowest BCUT2D eigenvalue weighted by molar-refractivity contribution is 1.58. The van der Waals surface area contributed by atoms with E-state index in [9.17, 15) is 0 Å². The van der Waals surface area contributed by atoms with Crippen LogP contribution in [0, 0.1) is 0 Å². The van der Waals surface area contributed by atoms with Crippen molar-refractivity contribution in [3.8, 4) is 22.3 Å². The Bertz CT molecular complexity index is 2530. The summed E-state index contributed by atoms with van der Waals surface area (Å²) in [4.78, 5) is 0. The molecule has 7 aromatic rings. The van der Waals surface area contributed by atoms with Gasteiger partial charge in [0.15, 0.2) is 0 Å². The summed E-state index contributed by atoms with van der Waals surface area (Å²) in [5.41, 5.74) is 10.7. The van der Waals surface area contributed by atoms with Crippen molar-refractivity contribution in [2.45, 2.75) is 0 Å². The highest BCUT2D eigenvalue weighted by molar-refractivity contribution is 6.20. The normalized spacial score (nSPS) is 11.7. The average molecular weight is 639 g/mol. The molecule has 0 atom stereocenters. The third-order valence-corrected chi connectivity index (χ3v) is 9.26. The first-order valence-electron chi connectivity index (χ1n) is 16.9. The Labute approximate surface area is 295 Å². The van der Waals surface area contributed by atoms with Gasteiger partial charge in [0.1, 0.15) is 0 Å². The van der Waals surface area contributed by atoms with Crippen molar-refractivity contribution in [3.05, 3.63) is 224 Å². The Morgan fingerprint density at radius 3 is 1.84 bits per heavy atom. The van der Waals surface area contributed by atoms with Gasteiger partial charge in [0.05, 0.1) is 0 Å². The first-order chi connectivity index (χ1) is 24.5. The van der Waals surface area contributed by atoms with Gasteiger partial charge in [-0.25, -0.2) is 0 Å². The molecule has 0 unspecified atom stereocenters. The standard InChI is InChI=1S/C50H38/c1-5-6-16-38-19-10-11-20-40(38)28-27-36(3)35(2)25-26-37(4)49-45-23-14-15-24-46(45)50(44-30-29-41-21-12-13-22-42(41)33-44)48-34-43(31-32-47(48)49)39-17-8-7-9-18-39/h5-34H,1-4H2/b16-6-,26-25-,28-27-. The zero-order chi connectivity index (χ0) is 34.5. The minimum absolute atomic E-state index is 0.828. The second-order valence-corrected chi connectivity index (χ2v) is 12.5. The van der Waals surface area contributed by atoms with Crippen molar-refractivity contribution >= 4 is 50.0 Å². The molecule has 0 aliphatic rings. The number of hydrogen-bond donors (Lipinski definition) is 0. The van der Waals surface area contributed by atoms with Crippen molar-refractivity contribution in [2.75, 3.05) is 0 Å². The summed E-state index contributed by atoms with van der Waals surface area (Å²) in [5.74, 6) is 0. The molecule has 0 heteroatoms. The van der Waals surface area contributed by atoms with Crippen LogP contribution in [-0.4, -0.2) is 0 Å². The van der Waals surface area contributed by atoms with E-state index < -0.39 is 0 Å². The van der Waals surface area contributed by atoms with E-state index >= 15 is 0 Å². The van der Waals surface area contributed by atoms with Gasteiger partial charge in [0.25, 0.3) is 0 Å². The lowest BCUT2D eigenvalue weighted by atomic mass is 9.84. The van der Waals surface area contributed by atoms with Crippen LogP contribution in [-0.2, 0) is 0 Å². The van der Waals surface area contributed by atoms with Gasteiger partial charge in [-0.15, -0.1) is 0 Å². The van der Waals surface area contributed by atoms with Crippen molar-refractivity contribution in [1.82, 2.24) is 0 Å². The maximum Gasteiger partial charge on any atom is -0.00259 e. The summed E-state index contributed by atoms with van der Waals surface area (Å²) in [6.45, 7) is 17.1. The molecule has 238 valence electrons. The largest absolute Gasteiger partial charge is 0.0991 e. The molecule has 0 amide bonds. The first-order valence-corrected chi connectivity index (χ1v) is 16.9. The zero-order valence-corrected chi connectivity index (χ0v) is 28.1. The summed E-state index contributed by atoms with van der Waals surface area (Å²) < 4.78 is 0. The quantitative estimate of drug-likeness (QED) is 0.103. The summed E-state index contributed by atoms with van der Waals surface area (Å²) in [6, 6.07) is 49.7. The van der Waals surface area contributed by atoms with E-state index in [2.05, 4.69) is 172 Å². The van der Waals surface area contributed by atoms with Gasteiger partial charge in [-0.2, -0.15) is 0 Å². The van der Waals surface area contributed by atoms with Crippen molar-refractivity contribution in [1.29, 1.82) is 0 Å². The van der Waals surface area contributed by atoms with E-state index in [0.717, 1.165) is 38.8 Å². The second-order valence-electron chi connectivity index (χ2n) is 12.5. The van der Waals surface area contributed by atoms with Crippen molar-refractivity contribution in [2.24, 2.45) is 0 Å². The molecule has 0 spiro atoms. The lowest BCUT2D eigenvalue weighted by Crippen LogP contribution is -1.93. The molecule has 0 aliphatic carbocycles. The minimum Gasteiger partial charge on any atom is -0.0991 e. The van der Waals surface area contributed by atoms with Crippen molar-refractivity contribution < 1.29 is 0 Å². The summed E-state index contributed by atoms with van der Waals surface area (Å²) in [7, 11) is 0. The van der Waals surface area contributed by atoms with Crippen molar-refractivity contribution in [3.63, 3.8) is 0 Å². The Morgan fingerprint density at radius 2 is 1.06 bits per heavy atom. The number of hydrogen-bond acceptors (Lipinski definition) is 0. The van der Waals surface area contributed by atoms with E-state index in [0.29, 0.717) is 0 Å². The van der Waals surface area contributed by atoms with E-state index in [4.69, 9.17) is 0 Å². The first kappa shape index (κ1) is 32.1. The van der Waals surface area contributed by atoms with Crippen LogP contribution in [0.1, 0.15) is 16.7 Å². The fourth-order valence-electron chi connectivity index (χ4n) is 6.67. The zero-order valence-electron chi connectivity index (χ0n) is 28.1. The molecule has 0 saturated heterocycles. The van der Waals surface area contributed by atoms with Gasteiger partial charge in [-0.05, 0) is 100 Å². The van der Waals surface area contributed by atoms with Crippen LogP contribution >= 0.6 is 0 Å². The average Bonchev–Trinajstić information content (AvgIpc) is 3.17. The molecule has 0 bridgehead atoms. The summed E-state index contributed by atoms with van der Waals surface area (Å²) >= 11 is 0. The van der Waals surface area contributed by atoms with Crippen LogP contribution in [0.15, 0.2) is 207 Å². The maximum absolute atomic E-state index is 4.62. The Kier molecular flexibility index (Phi) is 9.18. The van der Waals surface area contributed by atoms with Gasteiger partial charge in [0.2, 0.25) is 0 Å². The predicted octanol–water partition coefficient (Wildman–Crippen LogP) is 14.1. The molecular weight excluding hydrogens is 601 g/mol. The highest BCUT2D eigenvalue weighted by atomic mass is 14.2. The molecule has 0 saturated carbocycles. The third kappa shape index (κ3) is 6.48. The van der Waals surface area contributed by atoms with E-state index in [1.165, 1.54) is 49.2 Å². The molecule has 0 aliphatic heterocycles. The molecule has 0 N–H and O–H groups in total. The molecule has 7 aromatic carbocycles. The molecule has 0 aromatic heterocycles. The van der Waals surface area contributed by atoms with E-state index in [1.807, 2.05) is 30.4 Å². The topological polar surface area (TPSA) is 0 Å². The van der Waals surface area contributed by atoms with Gasteiger partial charge in [-0.3, -0.25) is 0 Å². The van der Waals surface area contributed by atoms with Crippen LogP contribution in [0.3, 0.4) is 0 Å². The van der Waals surface area contributed by atoms with Gasteiger partial charge in [0, 0.05) is 0 Å². The van der Waals surface area contributed by atoms with Crippen LogP contribution in [0.5, 0.6) is 0 Å². The second kappa shape index (κ2) is 14.3. The minimum atomic E-state index is 0.828. The maximum atomic E-state index is 4.62. The van der Waals surface area contributed by atoms with Crippen LogP contribution in [0.4, 0.5) is 0 Å². The Balaban J connectivity index is 1.32. The Hall–Kier alpha value is -6.50. The predicted molar refractivity (Wildman–Crippen MR) is 221 cm³/mol. The summed E-state index contributed by atoms with van der Waals surface area (Å²) in [6.07, 6.45) is 14.0. The van der Waals surface area contributed by atoms with E-state index in [-0.39, 0.29) is 0 Å². The van der Waals surface area contributed by atoms with E-state index in [1.54, 1.807) is 6.08 Å². The van der Waals surface area contributed by atoms with Gasteiger partial charge in [-0.1, -0.05) is 196 Å². The lowest BCUT2D eigenvalue weighted by Gasteiger charge is -2.19. The monoisotopic (exact) mass is 638 g/mol. The molecule has 0 heterocycles. The fourth-order valence-corrected chi connectivity index (χ4v) is 6.67. The molecule has 0 fully saturated rings. The molecule has 7 rings (SSSR count). The fraction of sp³-hybridized carbons (Fsp3) is 0. The van der Waals surface area contributed by atoms with Crippen LogP contribution in [0.2, 0.25) is 0 Å². The molecular formula is C50H38. The smallest absolute Gasteiger partial charge is 0.00259 e. The van der Waals surface area contributed by atoms with Gasteiger partial charge < -0.3 is 0 Å². The number of fused-ring (bicyclic) bond motifs is 3. The third-order valence-electron chi connectivity index (χ3n) is 9.26. The molecule has 0 radical (unpaired) electrons. The Morgan fingerprint density at radius 1 is 0.440 bits per heavy atom. The highest BCUT2D eigenvalue weighted by Crippen LogP contribution is 2.43. The number of rotatable bonds is 10. The number of allylic oxidation sites excluding steroid dienone is 8. The molecule has 50 heavy (non-hydrogen) atoms. The van der Waals surface area contributed by atoms with Gasteiger partial charge >= 0.3 is 0 Å².